The van der Waals surface area contributed by atoms with E-state index in [4.69, 9.17) is 0 Å². The summed E-state index contributed by atoms with van der Waals surface area (Å²) >= 11 is 1.41. The van der Waals surface area contributed by atoms with Gasteiger partial charge in [-0.2, -0.15) is 0 Å². The molecule has 0 atom stereocenters. The van der Waals surface area contributed by atoms with Crippen LogP contribution < -0.4 is 4.90 Å². The molecular formula is C13H8F2N2O2S. The molecule has 0 saturated carbocycles. The van der Waals surface area contributed by atoms with E-state index in [0.29, 0.717) is 5.69 Å². The first kappa shape index (κ1) is 12.9. The molecule has 0 fully saturated rings. The van der Waals surface area contributed by atoms with Gasteiger partial charge >= 0.3 is 0 Å². The van der Waals surface area contributed by atoms with Gasteiger partial charge in [0.25, 0.3) is 11.7 Å². The summed E-state index contributed by atoms with van der Waals surface area (Å²) in [6.07, 6.45) is 0. The summed E-state index contributed by atoms with van der Waals surface area (Å²) < 4.78 is 26.5. The lowest BCUT2D eigenvalue weighted by Gasteiger charge is -2.15. The fourth-order valence-electron chi connectivity index (χ4n) is 2.09. The molecule has 20 heavy (non-hydrogen) atoms. The zero-order valence-electron chi connectivity index (χ0n) is 10.3. The van der Waals surface area contributed by atoms with Crippen LogP contribution in [0.2, 0.25) is 0 Å². The number of thiazole rings is 1. The first-order valence-corrected chi connectivity index (χ1v) is 6.61. The number of amides is 1. The van der Waals surface area contributed by atoms with Crippen LogP contribution in [0, 0.1) is 18.6 Å². The number of nitrogens with zero attached hydrogens (tertiary/aromatic N) is 2. The standard InChI is InChI=1S/C13H8F2N2O2S/c1-6-16-7(5-20-6)4-17-11-3-10(15)9(14)2-8(11)12(18)13(17)19/h2-3,5H,4H2,1H3. The molecule has 0 N–H and O–H groups in total. The normalized spacial score (nSPS) is 14.1. The molecule has 3 rings (SSSR count). The quantitative estimate of drug-likeness (QED) is 0.799. The number of benzene rings is 1. The van der Waals surface area contributed by atoms with Crippen LogP contribution in [0.3, 0.4) is 0 Å². The number of aromatic nitrogens is 1. The monoisotopic (exact) mass is 294 g/mol. The maximum atomic E-state index is 13.3. The van der Waals surface area contributed by atoms with E-state index < -0.39 is 23.3 Å². The zero-order valence-corrected chi connectivity index (χ0v) is 11.1. The van der Waals surface area contributed by atoms with E-state index in [1.54, 1.807) is 5.38 Å². The molecule has 102 valence electrons. The van der Waals surface area contributed by atoms with Crippen molar-refractivity contribution in [3.63, 3.8) is 0 Å². The second-order valence-corrected chi connectivity index (χ2v) is 5.42. The lowest BCUT2D eigenvalue weighted by Crippen LogP contribution is -2.29. The van der Waals surface area contributed by atoms with Gasteiger partial charge in [-0.05, 0) is 13.0 Å². The molecule has 0 saturated heterocycles. The van der Waals surface area contributed by atoms with E-state index in [9.17, 15) is 18.4 Å². The van der Waals surface area contributed by atoms with E-state index in [1.807, 2.05) is 6.92 Å². The van der Waals surface area contributed by atoms with Crippen molar-refractivity contribution in [2.45, 2.75) is 13.5 Å². The lowest BCUT2D eigenvalue weighted by atomic mass is 10.1. The molecule has 4 nitrogen and oxygen atoms in total. The maximum absolute atomic E-state index is 13.3. The highest BCUT2D eigenvalue weighted by Gasteiger charge is 2.37. The average Bonchev–Trinajstić information content (AvgIpc) is 2.90. The Hall–Kier alpha value is -2.15. The molecule has 0 aliphatic carbocycles. The number of hydrogen-bond donors (Lipinski definition) is 0. The number of Topliss-reactive ketones (excluding diaryl/α,β-unsaturated/α-hetero) is 1. The van der Waals surface area contributed by atoms with Crippen LogP contribution in [-0.4, -0.2) is 16.7 Å². The third-order valence-electron chi connectivity index (χ3n) is 3.00. The second kappa shape index (κ2) is 4.45. The van der Waals surface area contributed by atoms with E-state index in [-0.39, 0.29) is 17.8 Å². The second-order valence-electron chi connectivity index (χ2n) is 4.36. The molecule has 1 aliphatic heterocycles. The molecule has 7 heteroatoms. The van der Waals surface area contributed by atoms with Crippen LogP contribution in [0.4, 0.5) is 14.5 Å². The molecule has 2 heterocycles. The lowest BCUT2D eigenvalue weighted by molar-refractivity contribution is -0.114. The Labute approximate surface area is 116 Å². The predicted molar refractivity (Wildman–Crippen MR) is 68.7 cm³/mol. The molecule has 1 aromatic heterocycles. The van der Waals surface area contributed by atoms with Gasteiger partial charge in [0, 0.05) is 11.4 Å². The van der Waals surface area contributed by atoms with Gasteiger partial charge in [0.1, 0.15) is 0 Å². The average molecular weight is 294 g/mol. The number of carbonyl (C=O) groups is 2. The van der Waals surface area contributed by atoms with Gasteiger partial charge in [-0.25, -0.2) is 13.8 Å². The van der Waals surface area contributed by atoms with E-state index in [1.165, 1.54) is 11.3 Å². The van der Waals surface area contributed by atoms with Crippen molar-refractivity contribution in [3.8, 4) is 0 Å². The van der Waals surface area contributed by atoms with Crippen molar-refractivity contribution >= 4 is 28.7 Å². The first-order valence-electron chi connectivity index (χ1n) is 5.73. The van der Waals surface area contributed by atoms with Crippen molar-refractivity contribution in [1.29, 1.82) is 0 Å². The van der Waals surface area contributed by atoms with E-state index >= 15 is 0 Å². The van der Waals surface area contributed by atoms with Crippen LogP contribution in [0.25, 0.3) is 0 Å². The van der Waals surface area contributed by atoms with Crippen LogP contribution in [0.5, 0.6) is 0 Å². The largest absolute Gasteiger partial charge is 0.299 e. The molecule has 0 bridgehead atoms. The molecule has 1 aromatic carbocycles. The number of ketones is 1. The number of anilines is 1. The first-order chi connectivity index (χ1) is 9.47. The van der Waals surface area contributed by atoms with Crippen molar-refractivity contribution in [3.05, 3.63) is 45.4 Å². The SMILES string of the molecule is Cc1nc(CN2C(=O)C(=O)c3cc(F)c(F)cc32)cs1. The minimum absolute atomic E-state index is 0.0625. The Morgan fingerprint density at radius 2 is 1.95 bits per heavy atom. The highest BCUT2D eigenvalue weighted by Crippen LogP contribution is 2.32. The van der Waals surface area contributed by atoms with Gasteiger partial charge in [0.2, 0.25) is 0 Å². The molecule has 1 amide bonds. The third kappa shape index (κ3) is 1.90. The number of halogens is 2. The Bertz CT molecular complexity index is 742. The van der Waals surface area contributed by atoms with Crippen molar-refractivity contribution in [2.75, 3.05) is 4.90 Å². The summed E-state index contributed by atoms with van der Waals surface area (Å²) in [5.74, 6) is -3.86. The molecular weight excluding hydrogens is 286 g/mol. The summed E-state index contributed by atoms with van der Waals surface area (Å²) in [6.45, 7) is 1.88. The van der Waals surface area contributed by atoms with Crippen molar-refractivity contribution in [2.24, 2.45) is 0 Å². The highest BCUT2D eigenvalue weighted by atomic mass is 32.1. The molecule has 0 unspecified atom stereocenters. The van der Waals surface area contributed by atoms with Gasteiger partial charge in [-0.15, -0.1) is 11.3 Å². The van der Waals surface area contributed by atoms with Crippen molar-refractivity contribution in [1.82, 2.24) is 4.98 Å². The Morgan fingerprint density at radius 3 is 2.60 bits per heavy atom. The number of carbonyl (C=O) groups excluding carboxylic acids is 2. The van der Waals surface area contributed by atoms with Crippen molar-refractivity contribution < 1.29 is 18.4 Å². The van der Waals surface area contributed by atoms with Gasteiger partial charge in [0.15, 0.2) is 11.6 Å². The fraction of sp³-hybridized carbons (Fsp3) is 0.154. The molecule has 2 aromatic rings. The minimum atomic E-state index is -1.14. The molecule has 0 spiro atoms. The summed E-state index contributed by atoms with van der Waals surface area (Å²) in [5, 5.41) is 2.58. The van der Waals surface area contributed by atoms with Gasteiger partial charge in [0.05, 0.1) is 28.5 Å². The predicted octanol–water partition coefficient (Wildman–Crippen LogP) is 2.46. The molecule has 1 aliphatic rings. The van der Waals surface area contributed by atoms with Gasteiger partial charge in [-0.3, -0.25) is 14.5 Å². The Morgan fingerprint density at radius 1 is 1.25 bits per heavy atom. The van der Waals surface area contributed by atoms with Gasteiger partial charge < -0.3 is 0 Å². The van der Waals surface area contributed by atoms with E-state index in [0.717, 1.165) is 22.0 Å². The number of fused-ring (bicyclic) bond motifs is 1. The fourth-order valence-corrected chi connectivity index (χ4v) is 2.69. The smallest absolute Gasteiger partial charge is 0.299 e. The van der Waals surface area contributed by atoms with Crippen LogP contribution in [-0.2, 0) is 11.3 Å². The van der Waals surface area contributed by atoms with Gasteiger partial charge in [-0.1, -0.05) is 0 Å². The zero-order chi connectivity index (χ0) is 14.4. The van der Waals surface area contributed by atoms with Crippen LogP contribution in [0.15, 0.2) is 17.5 Å². The molecule has 0 radical (unpaired) electrons. The Balaban J connectivity index is 2.03. The van der Waals surface area contributed by atoms with Crippen LogP contribution >= 0.6 is 11.3 Å². The summed E-state index contributed by atoms with van der Waals surface area (Å²) in [5.41, 5.74) is 0.580. The highest BCUT2D eigenvalue weighted by molar-refractivity contribution is 7.09. The Kier molecular flexibility index (Phi) is 2.86. The number of hydrogen-bond acceptors (Lipinski definition) is 4. The number of aryl methyl sites for hydroxylation is 1. The minimum Gasteiger partial charge on any atom is -0.299 e. The third-order valence-corrected chi connectivity index (χ3v) is 3.82. The van der Waals surface area contributed by atoms with E-state index in [2.05, 4.69) is 4.98 Å². The summed E-state index contributed by atoms with van der Waals surface area (Å²) in [4.78, 5) is 29.0. The van der Waals surface area contributed by atoms with Crippen LogP contribution in [0.1, 0.15) is 21.1 Å². The number of rotatable bonds is 2. The summed E-state index contributed by atoms with van der Waals surface area (Å²) in [6, 6.07) is 1.63. The maximum Gasteiger partial charge on any atom is 0.299 e. The topological polar surface area (TPSA) is 50.3 Å². The summed E-state index contributed by atoms with van der Waals surface area (Å²) in [7, 11) is 0.